The van der Waals surface area contributed by atoms with Gasteiger partial charge < -0.3 is 10.6 Å². The van der Waals surface area contributed by atoms with E-state index in [0.29, 0.717) is 24.6 Å². The monoisotopic (exact) mass is 229 g/mol. The Bertz CT molecular complexity index is 446. The van der Waals surface area contributed by atoms with Gasteiger partial charge in [-0.3, -0.25) is 4.79 Å². The normalized spacial score (nSPS) is 13.8. The number of carbonyl (C=O) groups excluding carboxylic acids is 1. The van der Waals surface area contributed by atoms with Crippen molar-refractivity contribution in [2.24, 2.45) is 0 Å². The Morgan fingerprint density at radius 2 is 2.29 bits per heavy atom. The number of hydrogen-bond acceptors (Lipinski definition) is 3. The summed E-state index contributed by atoms with van der Waals surface area (Å²) in [6.45, 7) is 0.591. The second kappa shape index (κ2) is 5.35. The van der Waals surface area contributed by atoms with E-state index in [1.165, 1.54) is 0 Å². The highest BCUT2D eigenvalue weighted by Gasteiger charge is 2.22. The third-order valence-corrected chi connectivity index (χ3v) is 2.62. The molecule has 0 aromatic heterocycles. The second-order valence-electron chi connectivity index (χ2n) is 4.21. The zero-order valence-electron chi connectivity index (χ0n) is 9.57. The fourth-order valence-electron chi connectivity index (χ4n) is 1.55. The van der Waals surface area contributed by atoms with Gasteiger partial charge in [0.1, 0.15) is 0 Å². The number of benzene rings is 1. The molecule has 0 unspecified atom stereocenters. The summed E-state index contributed by atoms with van der Waals surface area (Å²) in [5.41, 5.74) is 1.50. The summed E-state index contributed by atoms with van der Waals surface area (Å²) >= 11 is 0. The summed E-state index contributed by atoms with van der Waals surface area (Å²) in [5, 5.41) is 14.8. The molecule has 4 heteroatoms. The predicted molar refractivity (Wildman–Crippen MR) is 65.4 cm³/mol. The zero-order valence-corrected chi connectivity index (χ0v) is 9.57. The van der Waals surface area contributed by atoms with Crippen molar-refractivity contribution in [2.75, 3.05) is 11.9 Å². The van der Waals surface area contributed by atoms with E-state index >= 15 is 0 Å². The van der Waals surface area contributed by atoms with E-state index in [2.05, 4.69) is 16.7 Å². The summed E-state index contributed by atoms with van der Waals surface area (Å²) in [5.74, 6) is 0.0939. The molecular formula is C13H15N3O. The van der Waals surface area contributed by atoms with Crippen LogP contribution in [0.2, 0.25) is 0 Å². The lowest BCUT2D eigenvalue weighted by atomic mass is 10.2. The van der Waals surface area contributed by atoms with Gasteiger partial charge in [0.25, 0.3) is 0 Å². The van der Waals surface area contributed by atoms with E-state index in [9.17, 15) is 4.79 Å². The van der Waals surface area contributed by atoms with Crippen LogP contribution in [0.1, 0.15) is 24.8 Å². The minimum atomic E-state index is 0.0939. The molecule has 0 radical (unpaired) electrons. The maximum Gasteiger partial charge on any atom is 0.221 e. The van der Waals surface area contributed by atoms with Crippen molar-refractivity contribution in [1.29, 1.82) is 5.26 Å². The van der Waals surface area contributed by atoms with Gasteiger partial charge >= 0.3 is 0 Å². The molecule has 2 rings (SSSR count). The van der Waals surface area contributed by atoms with Gasteiger partial charge in [-0.25, -0.2) is 0 Å². The highest BCUT2D eigenvalue weighted by molar-refractivity contribution is 5.77. The molecule has 88 valence electrons. The molecule has 1 saturated carbocycles. The molecule has 1 aromatic carbocycles. The molecule has 1 fully saturated rings. The van der Waals surface area contributed by atoms with Crippen LogP contribution < -0.4 is 10.6 Å². The van der Waals surface area contributed by atoms with E-state index in [1.807, 2.05) is 12.1 Å². The number of hydrogen-bond donors (Lipinski definition) is 2. The Morgan fingerprint density at radius 3 is 3.00 bits per heavy atom. The van der Waals surface area contributed by atoms with Crippen LogP contribution in [0.5, 0.6) is 0 Å². The number of carbonyl (C=O) groups is 1. The molecule has 17 heavy (non-hydrogen) atoms. The molecule has 4 nitrogen and oxygen atoms in total. The molecular weight excluding hydrogens is 214 g/mol. The van der Waals surface area contributed by atoms with Crippen LogP contribution in [0.3, 0.4) is 0 Å². The lowest BCUT2D eigenvalue weighted by molar-refractivity contribution is -0.120. The molecule has 0 aliphatic heterocycles. The summed E-state index contributed by atoms with van der Waals surface area (Å²) in [6, 6.07) is 9.75. The van der Waals surface area contributed by atoms with Crippen molar-refractivity contribution in [2.45, 2.75) is 25.3 Å². The van der Waals surface area contributed by atoms with Crippen molar-refractivity contribution in [1.82, 2.24) is 5.32 Å². The molecule has 0 saturated heterocycles. The Morgan fingerprint density at radius 1 is 1.47 bits per heavy atom. The average Bonchev–Trinajstić information content (AvgIpc) is 3.13. The van der Waals surface area contributed by atoms with Gasteiger partial charge in [-0.2, -0.15) is 5.26 Å². The summed E-state index contributed by atoms with van der Waals surface area (Å²) in [7, 11) is 0. The van der Waals surface area contributed by atoms with Gasteiger partial charge in [0.15, 0.2) is 0 Å². The maximum absolute atomic E-state index is 11.4. The quantitative estimate of drug-likeness (QED) is 0.806. The van der Waals surface area contributed by atoms with Gasteiger partial charge in [0, 0.05) is 24.7 Å². The molecule has 1 aliphatic carbocycles. The molecule has 1 aliphatic rings. The highest BCUT2D eigenvalue weighted by Crippen LogP contribution is 2.18. The fourth-order valence-corrected chi connectivity index (χ4v) is 1.55. The van der Waals surface area contributed by atoms with Gasteiger partial charge in [-0.1, -0.05) is 6.07 Å². The molecule has 1 amide bonds. The Kier molecular flexibility index (Phi) is 3.61. The number of nitrogens with zero attached hydrogens (tertiary/aromatic N) is 1. The van der Waals surface area contributed by atoms with E-state index in [0.717, 1.165) is 18.5 Å². The molecule has 1 aromatic rings. The minimum absolute atomic E-state index is 0.0939. The van der Waals surface area contributed by atoms with Crippen LogP contribution in [-0.4, -0.2) is 18.5 Å². The largest absolute Gasteiger partial charge is 0.384 e. The fraction of sp³-hybridized carbons (Fsp3) is 0.385. The van der Waals surface area contributed by atoms with E-state index < -0.39 is 0 Å². The standard InChI is InChI=1S/C13H15N3O/c14-9-10-2-1-3-12(8-10)15-7-6-13(17)16-11-4-5-11/h1-3,8,11,15H,4-7H2,(H,16,17). The van der Waals surface area contributed by atoms with Gasteiger partial charge in [-0.05, 0) is 31.0 Å². The van der Waals surface area contributed by atoms with Crippen LogP contribution in [-0.2, 0) is 4.79 Å². The summed E-state index contributed by atoms with van der Waals surface area (Å²) in [6.07, 6.45) is 2.69. The lowest BCUT2D eigenvalue weighted by Gasteiger charge is -2.06. The minimum Gasteiger partial charge on any atom is -0.384 e. The topological polar surface area (TPSA) is 64.9 Å². The molecule has 0 spiro atoms. The smallest absolute Gasteiger partial charge is 0.221 e. The molecule has 0 heterocycles. The number of nitriles is 1. The lowest BCUT2D eigenvalue weighted by Crippen LogP contribution is -2.27. The van der Waals surface area contributed by atoms with Gasteiger partial charge in [-0.15, -0.1) is 0 Å². The Balaban J connectivity index is 1.73. The maximum atomic E-state index is 11.4. The van der Waals surface area contributed by atoms with Crippen LogP contribution >= 0.6 is 0 Å². The molecule has 0 atom stereocenters. The number of anilines is 1. The second-order valence-corrected chi connectivity index (χ2v) is 4.21. The van der Waals surface area contributed by atoms with Crippen LogP contribution in [0, 0.1) is 11.3 Å². The Labute approximate surface area is 101 Å². The van der Waals surface area contributed by atoms with Crippen LogP contribution in [0.15, 0.2) is 24.3 Å². The van der Waals surface area contributed by atoms with Gasteiger partial charge in [0.2, 0.25) is 5.91 Å². The van der Waals surface area contributed by atoms with Crippen molar-refractivity contribution in [3.8, 4) is 6.07 Å². The third kappa shape index (κ3) is 3.80. The van der Waals surface area contributed by atoms with Crippen molar-refractivity contribution in [3.63, 3.8) is 0 Å². The first kappa shape index (κ1) is 11.5. The first-order chi connectivity index (χ1) is 8.28. The van der Waals surface area contributed by atoms with Crippen molar-refractivity contribution >= 4 is 11.6 Å². The van der Waals surface area contributed by atoms with Gasteiger partial charge in [0.05, 0.1) is 11.6 Å². The first-order valence-corrected chi connectivity index (χ1v) is 5.81. The van der Waals surface area contributed by atoms with Crippen LogP contribution in [0.4, 0.5) is 5.69 Å². The van der Waals surface area contributed by atoms with E-state index in [-0.39, 0.29) is 5.91 Å². The van der Waals surface area contributed by atoms with E-state index in [4.69, 9.17) is 5.26 Å². The van der Waals surface area contributed by atoms with Crippen molar-refractivity contribution in [3.05, 3.63) is 29.8 Å². The van der Waals surface area contributed by atoms with Crippen molar-refractivity contribution < 1.29 is 4.79 Å². The third-order valence-electron chi connectivity index (χ3n) is 2.62. The highest BCUT2D eigenvalue weighted by atomic mass is 16.1. The zero-order chi connectivity index (χ0) is 12.1. The number of nitrogens with one attached hydrogen (secondary N) is 2. The summed E-state index contributed by atoms with van der Waals surface area (Å²) < 4.78 is 0. The number of rotatable bonds is 5. The molecule has 2 N–H and O–H groups in total. The average molecular weight is 229 g/mol. The Hall–Kier alpha value is -2.02. The van der Waals surface area contributed by atoms with E-state index in [1.54, 1.807) is 12.1 Å². The van der Waals surface area contributed by atoms with Crippen LogP contribution in [0.25, 0.3) is 0 Å². The summed E-state index contributed by atoms with van der Waals surface area (Å²) in [4.78, 5) is 11.4. The SMILES string of the molecule is N#Cc1cccc(NCCC(=O)NC2CC2)c1. The molecule has 0 bridgehead atoms. The predicted octanol–water partition coefficient (Wildman–Crippen LogP) is 1.64. The number of amides is 1. The first-order valence-electron chi connectivity index (χ1n) is 5.81.